The maximum absolute atomic E-state index is 11.8. The zero-order chi connectivity index (χ0) is 13.7. The normalized spacial score (nSPS) is 10.2. The summed E-state index contributed by atoms with van der Waals surface area (Å²) in [5, 5.41) is 16.5. The Morgan fingerprint density at radius 2 is 2.21 bits per heavy atom. The molecule has 0 radical (unpaired) electrons. The molecule has 0 fully saturated rings. The number of carbonyl (C=O) groups is 1. The van der Waals surface area contributed by atoms with E-state index in [0.29, 0.717) is 18.1 Å². The molecule has 6 nitrogen and oxygen atoms in total. The monoisotopic (exact) mass is 277 g/mol. The summed E-state index contributed by atoms with van der Waals surface area (Å²) in [6.07, 6.45) is 0. The first-order valence-corrected chi connectivity index (χ1v) is 6.84. The van der Waals surface area contributed by atoms with E-state index >= 15 is 0 Å². The van der Waals surface area contributed by atoms with Crippen molar-refractivity contribution in [3.8, 4) is 0 Å². The fraction of sp³-hybridized carbons (Fsp3) is 0.333. The van der Waals surface area contributed by atoms with E-state index in [0.717, 1.165) is 17.2 Å². The number of nitrogens with one attached hydrogen (secondary N) is 2. The molecule has 0 atom stereocenters. The third kappa shape index (κ3) is 3.72. The van der Waals surface area contributed by atoms with Gasteiger partial charge in [0, 0.05) is 11.9 Å². The molecule has 19 heavy (non-hydrogen) atoms. The van der Waals surface area contributed by atoms with Gasteiger partial charge in [-0.25, -0.2) is 4.98 Å². The van der Waals surface area contributed by atoms with E-state index in [-0.39, 0.29) is 5.91 Å². The van der Waals surface area contributed by atoms with E-state index in [1.165, 1.54) is 0 Å². The standard InChI is InChI=1S/C12H15N5OS/c1-3-13-11-5-4-10(16-17-11)12(18)14-6-9-7-19-8(2)15-9/h4-5,7H,3,6H2,1-2H3,(H,13,17)(H,14,18). The number of aryl methyl sites for hydroxylation is 1. The zero-order valence-electron chi connectivity index (χ0n) is 10.8. The number of anilines is 1. The van der Waals surface area contributed by atoms with Gasteiger partial charge in [0.1, 0.15) is 5.82 Å². The molecule has 0 saturated carbocycles. The third-order valence-electron chi connectivity index (χ3n) is 2.35. The van der Waals surface area contributed by atoms with Crippen LogP contribution in [0.1, 0.15) is 28.1 Å². The second-order valence-corrected chi connectivity index (χ2v) is 4.94. The summed E-state index contributed by atoms with van der Waals surface area (Å²) in [4.78, 5) is 16.1. The molecule has 7 heteroatoms. The third-order valence-corrected chi connectivity index (χ3v) is 3.17. The number of nitrogens with zero attached hydrogens (tertiary/aromatic N) is 3. The lowest BCUT2D eigenvalue weighted by atomic mass is 10.3. The number of amides is 1. The van der Waals surface area contributed by atoms with Gasteiger partial charge in [-0.1, -0.05) is 0 Å². The highest BCUT2D eigenvalue weighted by Gasteiger charge is 2.08. The number of hydrogen-bond donors (Lipinski definition) is 2. The first kappa shape index (κ1) is 13.4. The van der Waals surface area contributed by atoms with Crippen molar-refractivity contribution in [1.29, 1.82) is 0 Å². The highest BCUT2D eigenvalue weighted by atomic mass is 32.1. The molecule has 0 spiro atoms. The minimum absolute atomic E-state index is 0.249. The van der Waals surface area contributed by atoms with Gasteiger partial charge in [0.25, 0.3) is 5.91 Å². The lowest BCUT2D eigenvalue weighted by Gasteiger charge is -2.04. The molecule has 2 aromatic heterocycles. The van der Waals surface area contributed by atoms with Crippen LogP contribution in [0.5, 0.6) is 0 Å². The van der Waals surface area contributed by atoms with Gasteiger partial charge in [0.2, 0.25) is 0 Å². The molecule has 0 aromatic carbocycles. The van der Waals surface area contributed by atoms with Gasteiger partial charge in [-0.2, -0.15) is 0 Å². The van der Waals surface area contributed by atoms with Crippen molar-refractivity contribution in [1.82, 2.24) is 20.5 Å². The quantitative estimate of drug-likeness (QED) is 0.868. The van der Waals surface area contributed by atoms with E-state index < -0.39 is 0 Å². The van der Waals surface area contributed by atoms with Crippen LogP contribution < -0.4 is 10.6 Å². The lowest BCUT2D eigenvalue weighted by molar-refractivity contribution is 0.0944. The Labute approximate surface area is 115 Å². The van der Waals surface area contributed by atoms with Crippen molar-refractivity contribution >= 4 is 23.1 Å². The van der Waals surface area contributed by atoms with Crippen molar-refractivity contribution in [2.75, 3.05) is 11.9 Å². The first-order valence-electron chi connectivity index (χ1n) is 5.96. The SMILES string of the molecule is CCNc1ccc(C(=O)NCc2csc(C)n2)nn1. The van der Waals surface area contributed by atoms with Crippen LogP contribution in [-0.2, 0) is 6.54 Å². The molecular weight excluding hydrogens is 262 g/mol. The summed E-state index contributed by atoms with van der Waals surface area (Å²) in [6.45, 7) is 5.07. The minimum atomic E-state index is -0.249. The molecule has 100 valence electrons. The predicted molar refractivity (Wildman–Crippen MR) is 74.2 cm³/mol. The molecule has 2 N–H and O–H groups in total. The molecule has 2 heterocycles. The predicted octanol–water partition coefficient (Wildman–Crippen LogP) is 1.60. The summed E-state index contributed by atoms with van der Waals surface area (Å²) in [5.74, 6) is 0.412. The second-order valence-electron chi connectivity index (χ2n) is 3.87. The number of thiazole rings is 1. The Balaban J connectivity index is 1.92. The summed E-state index contributed by atoms with van der Waals surface area (Å²) < 4.78 is 0. The number of carbonyl (C=O) groups excluding carboxylic acids is 1. The van der Waals surface area contributed by atoms with Gasteiger partial charge >= 0.3 is 0 Å². The van der Waals surface area contributed by atoms with Crippen LogP contribution in [0.3, 0.4) is 0 Å². The molecular formula is C12H15N5OS. The average Bonchev–Trinajstić information content (AvgIpc) is 2.83. The van der Waals surface area contributed by atoms with Crippen molar-refractivity contribution < 1.29 is 4.79 Å². The molecule has 1 amide bonds. The number of hydrogen-bond acceptors (Lipinski definition) is 6. The summed E-state index contributed by atoms with van der Waals surface area (Å²) in [7, 11) is 0. The van der Waals surface area contributed by atoms with Crippen molar-refractivity contribution in [2.24, 2.45) is 0 Å². The van der Waals surface area contributed by atoms with E-state index in [1.54, 1.807) is 23.5 Å². The molecule has 0 bridgehead atoms. The van der Waals surface area contributed by atoms with Crippen LogP contribution in [0, 0.1) is 6.92 Å². The Hall–Kier alpha value is -2.02. The lowest BCUT2D eigenvalue weighted by Crippen LogP contribution is -2.24. The maximum Gasteiger partial charge on any atom is 0.272 e. The van der Waals surface area contributed by atoms with Gasteiger partial charge < -0.3 is 10.6 Å². The van der Waals surface area contributed by atoms with Gasteiger partial charge in [-0.3, -0.25) is 4.79 Å². The number of rotatable bonds is 5. The molecule has 0 aliphatic rings. The van der Waals surface area contributed by atoms with E-state index in [4.69, 9.17) is 0 Å². The van der Waals surface area contributed by atoms with Crippen LogP contribution in [0.4, 0.5) is 5.82 Å². The van der Waals surface area contributed by atoms with Crippen LogP contribution >= 0.6 is 11.3 Å². The van der Waals surface area contributed by atoms with Gasteiger partial charge in [-0.05, 0) is 26.0 Å². The van der Waals surface area contributed by atoms with Crippen LogP contribution in [-0.4, -0.2) is 27.6 Å². The van der Waals surface area contributed by atoms with Crippen molar-refractivity contribution in [3.63, 3.8) is 0 Å². The highest BCUT2D eigenvalue weighted by molar-refractivity contribution is 7.09. The summed E-state index contributed by atoms with van der Waals surface area (Å²) >= 11 is 1.56. The van der Waals surface area contributed by atoms with Crippen LogP contribution in [0.2, 0.25) is 0 Å². The van der Waals surface area contributed by atoms with Crippen molar-refractivity contribution in [2.45, 2.75) is 20.4 Å². The largest absolute Gasteiger partial charge is 0.369 e. The van der Waals surface area contributed by atoms with Crippen LogP contribution in [0.25, 0.3) is 0 Å². The van der Waals surface area contributed by atoms with Gasteiger partial charge in [-0.15, -0.1) is 21.5 Å². The van der Waals surface area contributed by atoms with Crippen molar-refractivity contribution in [3.05, 3.63) is 33.9 Å². The Kier molecular flexibility index (Phi) is 4.40. The molecule has 0 aliphatic heterocycles. The molecule has 2 rings (SSSR count). The molecule has 0 unspecified atom stereocenters. The van der Waals surface area contributed by atoms with E-state index in [1.807, 2.05) is 19.2 Å². The van der Waals surface area contributed by atoms with Gasteiger partial charge in [0.05, 0.1) is 17.2 Å². The summed E-state index contributed by atoms with van der Waals surface area (Å²) in [5.41, 5.74) is 1.15. The minimum Gasteiger partial charge on any atom is -0.369 e. The fourth-order valence-corrected chi connectivity index (χ4v) is 2.09. The fourth-order valence-electron chi connectivity index (χ4n) is 1.48. The van der Waals surface area contributed by atoms with Crippen LogP contribution in [0.15, 0.2) is 17.5 Å². The van der Waals surface area contributed by atoms with E-state index in [2.05, 4.69) is 25.8 Å². The Bertz CT molecular complexity index is 552. The zero-order valence-corrected chi connectivity index (χ0v) is 11.6. The summed E-state index contributed by atoms with van der Waals surface area (Å²) in [6, 6.07) is 3.38. The average molecular weight is 277 g/mol. The Morgan fingerprint density at radius 1 is 1.37 bits per heavy atom. The van der Waals surface area contributed by atoms with Gasteiger partial charge in [0.15, 0.2) is 5.69 Å². The Morgan fingerprint density at radius 3 is 2.79 bits per heavy atom. The first-order chi connectivity index (χ1) is 9.19. The number of aromatic nitrogens is 3. The molecule has 2 aromatic rings. The topological polar surface area (TPSA) is 79.8 Å². The molecule has 0 aliphatic carbocycles. The maximum atomic E-state index is 11.8. The molecule has 0 saturated heterocycles. The highest BCUT2D eigenvalue weighted by Crippen LogP contribution is 2.07. The smallest absolute Gasteiger partial charge is 0.272 e. The van der Waals surface area contributed by atoms with E-state index in [9.17, 15) is 4.79 Å². The second kappa shape index (κ2) is 6.24.